The van der Waals surface area contributed by atoms with E-state index in [4.69, 9.17) is 30.6 Å². The first-order valence-electron chi connectivity index (χ1n) is 10.1. The highest BCUT2D eigenvalue weighted by molar-refractivity contribution is 7.46. The highest BCUT2D eigenvalue weighted by atomic mass is 35.5. The van der Waals surface area contributed by atoms with Crippen LogP contribution in [0.1, 0.15) is 43.2 Å². The molecule has 1 saturated heterocycles. The van der Waals surface area contributed by atoms with Crippen LogP contribution >= 0.6 is 19.4 Å². The second-order valence-electron chi connectivity index (χ2n) is 9.06. The molecule has 2 N–H and O–H groups in total. The van der Waals surface area contributed by atoms with Crippen molar-refractivity contribution >= 4 is 19.4 Å². The molecule has 5 fully saturated rings. The minimum atomic E-state index is -4.69. The number of methoxy groups -OCH3 is 1. The van der Waals surface area contributed by atoms with Crippen LogP contribution in [0.5, 0.6) is 5.75 Å². The van der Waals surface area contributed by atoms with Gasteiger partial charge in [-0.25, -0.2) is 9.45 Å². The van der Waals surface area contributed by atoms with Gasteiger partial charge in [-0.1, -0.05) is 12.1 Å². The Morgan fingerprint density at radius 3 is 2.38 bits per heavy atom. The molecule has 5 aliphatic rings. The normalized spacial score (nSPS) is 43.3. The molecule has 0 radical (unpaired) electrons. The van der Waals surface area contributed by atoms with Crippen molar-refractivity contribution in [1.82, 2.24) is 0 Å². The Bertz CT molecular complexity index is 852. The van der Waals surface area contributed by atoms with Crippen molar-refractivity contribution in [3.05, 3.63) is 29.3 Å². The minimum Gasteiger partial charge on any atom is -0.404 e. The monoisotopic (exact) mass is 444 g/mol. The molecular formula is C20H26ClO7P. The van der Waals surface area contributed by atoms with Crippen LogP contribution in [0, 0.1) is 30.6 Å². The number of aryl methyl sites for hydroxylation is 1. The van der Waals surface area contributed by atoms with E-state index in [1.165, 1.54) is 0 Å². The quantitative estimate of drug-likeness (QED) is 0.411. The van der Waals surface area contributed by atoms with E-state index < -0.39 is 19.2 Å². The van der Waals surface area contributed by atoms with Crippen LogP contribution in [0.15, 0.2) is 18.2 Å². The number of hydrogen-bond donors (Lipinski definition) is 2. The molecule has 160 valence electrons. The fourth-order valence-electron chi connectivity index (χ4n) is 6.46. The second kappa shape index (κ2) is 6.67. The number of halogens is 1. The highest BCUT2D eigenvalue weighted by Gasteiger charge is 2.76. The van der Waals surface area contributed by atoms with Crippen molar-refractivity contribution in [2.24, 2.45) is 23.7 Å². The van der Waals surface area contributed by atoms with Crippen molar-refractivity contribution < 1.29 is 33.4 Å². The zero-order valence-corrected chi connectivity index (χ0v) is 18.1. The van der Waals surface area contributed by atoms with Crippen LogP contribution in [-0.4, -0.2) is 27.9 Å². The molecule has 1 aliphatic heterocycles. The molecule has 1 aromatic carbocycles. The maximum Gasteiger partial charge on any atom is 0.524 e. The lowest BCUT2D eigenvalue weighted by Crippen LogP contribution is -2.75. The van der Waals surface area contributed by atoms with Gasteiger partial charge in [0.2, 0.25) is 0 Å². The van der Waals surface area contributed by atoms with Crippen molar-refractivity contribution in [3.8, 4) is 5.75 Å². The zero-order valence-electron chi connectivity index (χ0n) is 16.4. The summed E-state index contributed by atoms with van der Waals surface area (Å²) < 4.78 is 22.3. The third-order valence-electron chi connectivity index (χ3n) is 7.58. The van der Waals surface area contributed by atoms with Gasteiger partial charge in [0, 0.05) is 18.1 Å². The largest absolute Gasteiger partial charge is 0.524 e. The average Bonchev–Trinajstić information content (AvgIpc) is 2.81. The van der Waals surface area contributed by atoms with Crippen molar-refractivity contribution in [2.45, 2.75) is 55.8 Å². The van der Waals surface area contributed by atoms with Crippen LogP contribution in [0.3, 0.4) is 0 Å². The Balaban J connectivity index is 1.57. The van der Waals surface area contributed by atoms with E-state index >= 15 is 0 Å². The van der Waals surface area contributed by atoms with Crippen LogP contribution in [0.4, 0.5) is 0 Å². The molecule has 1 heterocycles. The zero-order chi connectivity index (χ0) is 20.6. The molecule has 4 aliphatic carbocycles. The van der Waals surface area contributed by atoms with E-state index in [1.807, 2.05) is 6.07 Å². The Labute approximate surface area is 174 Å². The third-order valence-corrected chi connectivity index (χ3v) is 8.55. The molecule has 6 rings (SSSR count). The average molecular weight is 445 g/mol. The van der Waals surface area contributed by atoms with Crippen LogP contribution in [0.25, 0.3) is 0 Å². The molecule has 1 spiro atoms. The smallest absolute Gasteiger partial charge is 0.404 e. The summed E-state index contributed by atoms with van der Waals surface area (Å²) in [7, 11) is -3.09. The molecule has 7 nitrogen and oxygen atoms in total. The fourth-order valence-corrected chi connectivity index (χ4v) is 7.37. The summed E-state index contributed by atoms with van der Waals surface area (Å²) in [5.41, 5.74) is 0.642. The summed E-state index contributed by atoms with van der Waals surface area (Å²) in [6.45, 7) is 1.73. The maximum atomic E-state index is 11.4. The van der Waals surface area contributed by atoms with Gasteiger partial charge < -0.3 is 9.26 Å². The van der Waals surface area contributed by atoms with Gasteiger partial charge in [-0.3, -0.25) is 9.79 Å². The first-order chi connectivity index (χ1) is 13.7. The van der Waals surface area contributed by atoms with E-state index in [-0.39, 0.29) is 23.0 Å². The topological polar surface area (TPSA) is 94.5 Å². The standard InChI is InChI=1S/C20H26ClO7P/c1-11-3-4-14(10-18(11)26-29(22,23)24)20(25-2)19(27-28-20)15-5-12-6-16(19)9-13(8-15)17(21)7-12/h3-4,10,12-13,15-17H,5-9H2,1-2H3,(H2,22,23,24). The minimum absolute atomic E-state index is 0.111. The van der Waals surface area contributed by atoms with Crippen LogP contribution < -0.4 is 4.52 Å². The van der Waals surface area contributed by atoms with Crippen LogP contribution in [0.2, 0.25) is 0 Å². The van der Waals surface area contributed by atoms with Gasteiger partial charge in [-0.2, -0.15) is 4.89 Å². The molecule has 4 saturated carbocycles. The predicted molar refractivity (Wildman–Crippen MR) is 104 cm³/mol. The molecule has 29 heavy (non-hydrogen) atoms. The lowest BCUT2D eigenvalue weighted by molar-refractivity contribution is -0.643. The van der Waals surface area contributed by atoms with E-state index in [1.54, 1.807) is 26.2 Å². The Hall–Kier alpha value is -0.660. The summed E-state index contributed by atoms with van der Waals surface area (Å²) in [5.74, 6) is 0.571. The number of ether oxygens (including phenoxy) is 1. The number of hydrogen-bond acceptors (Lipinski definition) is 5. The molecule has 4 atom stereocenters. The summed E-state index contributed by atoms with van der Waals surface area (Å²) in [5, 5.41) is 0.216. The first-order valence-corrected chi connectivity index (χ1v) is 12.1. The highest BCUT2D eigenvalue weighted by Crippen LogP contribution is 2.68. The first kappa shape index (κ1) is 20.3. The van der Waals surface area contributed by atoms with Gasteiger partial charge in [0.15, 0.2) is 5.60 Å². The number of fused-ring (bicyclic) bond motifs is 1. The van der Waals surface area contributed by atoms with Gasteiger partial charge >= 0.3 is 7.82 Å². The SMILES string of the molecule is COC1(c2ccc(C)c(OP(=O)(O)O)c2)OOC12C1CC3CC(Cl)C(C1)CC2C3. The Morgan fingerprint density at radius 1 is 1.14 bits per heavy atom. The molecular weight excluding hydrogens is 419 g/mol. The van der Waals surface area contributed by atoms with Gasteiger partial charge in [0.1, 0.15) is 5.75 Å². The number of rotatable bonds is 4. The number of phosphoric ester groups is 1. The van der Waals surface area contributed by atoms with Crippen LogP contribution in [-0.2, 0) is 24.9 Å². The van der Waals surface area contributed by atoms with Gasteiger partial charge in [-0.15, -0.1) is 11.6 Å². The van der Waals surface area contributed by atoms with Crippen molar-refractivity contribution in [1.29, 1.82) is 0 Å². The summed E-state index contributed by atoms with van der Waals surface area (Å²) in [6.07, 6.45) is 5.08. The third kappa shape index (κ3) is 2.86. The van der Waals surface area contributed by atoms with Gasteiger partial charge in [0.05, 0.1) is 0 Å². The summed E-state index contributed by atoms with van der Waals surface area (Å²) >= 11 is 6.69. The number of phosphoric acid groups is 1. The van der Waals surface area contributed by atoms with Crippen molar-refractivity contribution in [2.75, 3.05) is 7.11 Å². The van der Waals surface area contributed by atoms with Crippen molar-refractivity contribution in [3.63, 3.8) is 0 Å². The van der Waals surface area contributed by atoms with Gasteiger partial charge in [0.25, 0.3) is 5.79 Å². The molecule has 4 bridgehead atoms. The molecule has 1 aromatic rings. The maximum absolute atomic E-state index is 11.4. The Morgan fingerprint density at radius 2 is 1.83 bits per heavy atom. The van der Waals surface area contributed by atoms with Gasteiger partial charge in [-0.05, 0) is 74.3 Å². The van der Waals surface area contributed by atoms with E-state index in [0.717, 1.165) is 32.1 Å². The Kier molecular flexibility index (Phi) is 4.66. The number of alkyl halides is 1. The van der Waals surface area contributed by atoms with E-state index in [0.29, 0.717) is 23.0 Å². The second-order valence-corrected chi connectivity index (χ2v) is 10.8. The van der Waals surface area contributed by atoms with E-state index in [2.05, 4.69) is 0 Å². The predicted octanol–water partition coefficient (Wildman–Crippen LogP) is 4.03. The molecule has 0 aromatic heterocycles. The fraction of sp³-hybridized carbons (Fsp3) is 0.700. The lowest BCUT2D eigenvalue weighted by atomic mass is 9.53. The van der Waals surface area contributed by atoms with E-state index in [9.17, 15) is 14.4 Å². The lowest BCUT2D eigenvalue weighted by Gasteiger charge is -2.65. The molecule has 0 amide bonds. The molecule has 9 heteroatoms. The molecule has 4 unspecified atom stereocenters. The number of benzene rings is 1. The summed E-state index contributed by atoms with van der Waals surface area (Å²) in [4.78, 5) is 30.2. The summed E-state index contributed by atoms with van der Waals surface area (Å²) in [6, 6.07) is 5.22.